The molecular formula is C35H43ClF3N8O15PS2. The standard InChI is InChI=1S/C16H14ClF3N2O4.C14H17N5O7S2.C5H12NO4P/c1-8(2)26-14(24)10-6-9(4-5-11(10)17)22-13(23)7-12(16(18,19)20)21(3)15(22)25;1-4-27(21,22)9-6-5-7-15-12(9)28(23,24)19-14(20)18-13-16-10(25-2)8-11(17-13)26-3;1-11(9,10)3-2-4(6)5(7)8/h4-8H,1-3H3;5-8H,4H2,1-3H3,(H2,16,17,18,19,20);4H,2-3,6H2,1H3,(H,7,8)(H,9,10). The van der Waals surface area contributed by atoms with Crippen LogP contribution in [0.2, 0.25) is 5.02 Å². The summed E-state index contributed by atoms with van der Waals surface area (Å²) < 4.78 is 116. The Morgan fingerprint density at radius 2 is 1.60 bits per heavy atom. The van der Waals surface area contributed by atoms with Crippen molar-refractivity contribution < 1.29 is 73.2 Å². The summed E-state index contributed by atoms with van der Waals surface area (Å²) >= 11 is 5.94. The highest BCUT2D eigenvalue weighted by atomic mass is 35.5. The number of esters is 1. The fourth-order valence-electron chi connectivity index (χ4n) is 4.66. The number of hydrogen-bond donors (Lipinski definition) is 5. The number of ether oxygens (including phenoxy) is 3. The molecule has 6 N–H and O–H groups in total. The number of anilines is 1. The number of urea groups is 1. The maximum absolute atomic E-state index is 12.9. The van der Waals surface area contributed by atoms with Crippen molar-refractivity contribution in [2.75, 3.05) is 38.1 Å². The number of rotatable bonds is 14. The summed E-state index contributed by atoms with van der Waals surface area (Å²) in [6, 6.07) is 5.35. The number of carbonyl (C=O) groups is 3. The number of pyridine rings is 1. The molecule has 0 aliphatic carbocycles. The Kier molecular flexibility index (Phi) is 19.4. The molecule has 0 saturated heterocycles. The van der Waals surface area contributed by atoms with Gasteiger partial charge < -0.3 is 29.9 Å². The molecule has 3 aromatic heterocycles. The number of methoxy groups -OCH3 is 2. The summed E-state index contributed by atoms with van der Waals surface area (Å²) in [7, 11) is -8.06. The average molecular weight is 1000 g/mol. The lowest BCUT2D eigenvalue weighted by Gasteiger charge is -2.15. The van der Waals surface area contributed by atoms with E-state index in [9.17, 15) is 58.5 Å². The molecule has 23 nitrogen and oxygen atoms in total. The monoisotopic (exact) mass is 1000 g/mol. The number of nitrogens with two attached hydrogens (primary N) is 1. The van der Waals surface area contributed by atoms with Crippen molar-refractivity contribution in [2.45, 2.75) is 55.4 Å². The van der Waals surface area contributed by atoms with Crippen LogP contribution < -0.4 is 36.5 Å². The SMILES string of the molecule is CC(C)OC(=O)c1cc(-n2c(=O)cc(C(F)(F)F)n(C)c2=O)ccc1Cl.CCS(=O)(=O)c1cccnc1S(=O)(=O)NC(=O)Nc1nc(OC)cc(OC)n1.CP(=O)(O)CCC(N)C(=O)O. The number of nitrogens with zero attached hydrogens (tertiary/aromatic N) is 5. The Morgan fingerprint density at radius 3 is 2.09 bits per heavy atom. The third kappa shape index (κ3) is 16.2. The Morgan fingerprint density at radius 1 is 1.02 bits per heavy atom. The van der Waals surface area contributed by atoms with Crippen molar-refractivity contribution >= 4 is 62.7 Å². The van der Waals surface area contributed by atoms with E-state index in [1.165, 1.54) is 52.1 Å². The molecule has 65 heavy (non-hydrogen) atoms. The smallest absolute Gasteiger partial charge is 0.431 e. The molecule has 2 amide bonds. The molecule has 0 spiro atoms. The van der Waals surface area contributed by atoms with Gasteiger partial charge >= 0.3 is 29.8 Å². The predicted molar refractivity (Wildman–Crippen MR) is 225 cm³/mol. The molecule has 4 rings (SSSR count). The van der Waals surface area contributed by atoms with Crippen molar-refractivity contribution in [3.8, 4) is 17.4 Å². The number of amides is 2. The molecule has 358 valence electrons. The minimum Gasteiger partial charge on any atom is -0.481 e. The van der Waals surface area contributed by atoms with Crippen LogP contribution in [0.15, 0.2) is 68.2 Å². The molecule has 2 unspecified atom stereocenters. The van der Waals surface area contributed by atoms with E-state index in [-0.39, 0.29) is 52.3 Å². The molecule has 0 aliphatic heterocycles. The van der Waals surface area contributed by atoms with Crippen LogP contribution in [0.3, 0.4) is 0 Å². The summed E-state index contributed by atoms with van der Waals surface area (Å²) in [4.78, 5) is 78.1. The second-order valence-corrected chi connectivity index (χ2v) is 20.0. The topological polar surface area (TPSA) is 337 Å². The summed E-state index contributed by atoms with van der Waals surface area (Å²) in [5.74, 6) is -2.45. The molecule has 0 fully saturated rings. The number of aliphatic carboxylic acids is 1. The van der Waals surface area contributed by atoms with Crippen molar-refractivity contribution in [1.29, 1.82) is 0 Å². The highest BCUT2D eigenvalue weighted by Crippen LogP contribution is 2.35. The van der Waals surface area contributed by atoms with E-state index in [0.717, 1.165) is 25.4 Å². The molecule has 30 heteroatoms. The third-order valence-electron chi connectivity index (χ3n) is 7.81. The van der Waals surface area contributed by atoms with Gasteiger partial charge in [0.2, 0.25) is 17.7 Å². The Bertz CT molecular complexity index is 2760. The highest BCUT2D eigenvalue weighted by Gasteiger charge is 2.35. The number of benzene rings is 1. The van der Waals surface area contributed by atoms with Crippen LogP contribution in [0.5, 0.6) is 11.8 Å². The van der Waals surface area contributed by atoms with Gasteiger partial charge in [0.1, 0.15) is 16.6 Å². The number of carboxylic acid groups (broad SMARTS) is 1. The van der Waals surface area contributed by atoms with E-state index in [1.54, 1.807) is 18.6 Å². The van der Waals surface area contributed by atoms with Crippen LogP contribution in [0.25, 0.3) is 5.69 Å². The number of hydrogen-bond acceptors (Lipinski definition) is 17. The normalized spacial score (nSPS) is 12.8. The van der Waals surface area contributed by atoms with E-state index >= 15 is 0 Å². The third-order valence-corrected chi connectivity index (χ3v) is 12.4. The minimum absolute atomic E-state index is 0.0104. The van der Waals surface area contributed by atoms with E-state index in [4.69, 9.17) is 41.5 Å². The van der Waals surface area contributed by atoms with E-state index in [1.807, 2.05) is 0 Å². The second kappa shape index (κ2) is 22.8. The number of halogens is 4. The number of alkyl halides is 3. The fraction of sp³-hybridized carbons (Fsp3) is 0.371. The van der Waals surface area contributed by atoms with Gasteiger partial charge in [-0.3, -0.25) is 24.0 Å². The van der Waals surface area contributed by atoms with Crippen LogP contribution in [-0.2, 0) is 47.2 Å². The maximum Gasteiger partial charge on any atom is 0.431 e. The van der Waals surface area contributed by atoms with Crippen molar-refractivity contribution in [2.24, 2.45) is 12.8 Å². The van der Waals surface area contributed by atoms with Crippen molar-refractivity contribution in [3.05, 3.63) is 85.8 Å². The summed E-state index contributed by atoms with van der Waals surface area (Å²) in [5, 5.41) is 9.60. The molecule has 0 bridgehead atoms. The number of nitrogens with one attached hydrogen (secondary N) is 2. The first-order valence-corrected chi connectivity index (χ1v) is 23.9. The van der Waals surface area contributed by atoms with Gasteiger partial charge in [0.25, 0.3) is 15.6 Å². The van der Waals surface area contributed by atoms with Gasteiger partial charge in [0, 0.05) is 32.1 Å². The minimum atomic E-state index is -4.86. The highest BCUT2D eigenvalue weighted by molar-refractivity contribution is 7.93. The fourth-order valence-corrected chi connectivity index (χ4v) is 8.16. The number of aromatic nitrogens is 5. The summed E-state index contributed by atoms with van der Waals surface area (Å²) in [6.07, 6.45) is -4.21. The molecule has 4 aromatic rings. The average Bonchev–Trinajstić information content (AvgIpc) is 3.20. The van der Waals surface area contributed by atoms with Gasteiger partial charge in [-0.25, -0.2) is 37.1 Å². The van der Waals surface area contributed by atoms with Gasteiger partial charge in [-0.05, 0) is 50.6 Å². The van der Waals surface area contributed by atoms with Gasteiger partial charge in [-0.15, -0.1) is 0 Å². The maximum atomic E-state index is 12.9. The van der Waals surface area contributed by atoms with Gasteiger partial charge in [0.05, 0.1) is 48.4 Å². The number of carboxylic acids is 1. The van der Waals surface area contributed by atoms with Crippen LogP contribution in [0.4, 0.5) is 23.9 Å². The number of sulfone groups is 1. The molecule has 0 saturated carbocycles. The zero-order valence-electron chi connectivity index (χ0n) is 35.2. The summed E-state index contributed by atoms with van der Waals surface area (Å²) in [6.45, 7) is 5.77. The summed E-state index contributed by atoms with van der Waals surface area (Å²) in [5.41, 5.74) is 1.09. The quantitative estimate of drug-likeness (QED) is 0.0895. The van der Waals surface area contributed by atoms with Crippen LogP contribution >= 0.6 is 19.0 Å². The van der Waals surface area contributed by atoms with Gasteiger partial charge in [-0.2, -0.15) is 31.6 Å². The Hall–Kier alpha value is -5.93. The van der Waals surface area contributed by atoms with Crippen molar-refractivity contribution in [3.63, 3.8) is 0 Å². The second-order valence-electron chi connectivity index (χ2n) is 13.2. The van der Waals surface area contributed by atoms with Crippen LogP contribution in [-0.4, -0.2) is 114 Å². The Balaban J connectivity index is 0.000000365. The lowest BCUT2D eigenvalue weighted by Crippen LogP contribution is -2.40. The molecular weight excluding hydrogens is 960 g/mol. The number of carbonyl (C=O) groups excluding carboxylic acids is 2. The van der Waals surface area contributed by atoms with Gasteiger partial charge in [0.15, 0.2) is 22.2 Å². The van der Waals surface area contributed by atoms with E-state index in [0.29, 0.717) is 15.2 Å². The van der Waals surface area contributed by atoms with E-state index < -0.39 is 90.4 Å². The first-order valence-electron chi connectivity index (χ1n) is 18.1. The van der Waals surface area contributed by atoms with Crippen molar-refractivity contribution in [1.82, 2.24) is 28.8 Å². The zero-order chi connectivity index (χ0) is 49.8. The lowest BCUT2D eigenvalue weighted by atomic mass is 10.2. The van der Waals surface area contributed by atoms with E-state index in [2.05, 4.69) is 20.3 Å². The first-order chi connectivity index (χ1) is 29.9. The zero-order valence-corrected chi connectivity index (χ0v) is 38.5. The van der Waals surface area contributed by atoms with Crippen LogP contribution in [0, 0.1) is 0 Å². The molecule has 3 heterocycles. The molecule has 1 aromatic carbocycles. The van der Waals surface area contributed by atoms with Gasteiger partial charge in [-0.1, -0.05) is 18.5 Å². The van der Waals surface area contributed by atoms with Crippen LogP contribution in [0.1, 0.15) is 43.2 Å². The predicted octanol–water partition coefficient (Wildman–Crippen LogP) is 2.66. The molecule has 0 aliphatic rings. The largest absolute Gasteiger partial charge is 0.481 e. The lowest BCUT2D eigenvalue weighted by molar-refractivity contribution is -0.144. The number of sulfonamides is 1. The molecule has 2 atom stereocenters. The first kappa shape index (κ1) is 55.2. The molecule has 0 radical (unpaired) electrons. The Labute approximate surface area is 373 Å².